The molecule has 0 aromatic heterocycles. The van der Waals surface area contributed by atoms with Gasteiger partial charge in [-0.15, -0.1) is 0 Å². The van der Waals surface area contributed by atoms with E-state index in [0.717, 1.165) is 5.92 Å². The SMILES string of the molecule is O=C(Oc1ccccc1)[C@@H]1[C@@H]2C3=C[C@H]1C[C@H]2CCCC3. The van der Waals surface area contributed by atoms with Gasteiger partial charge >= 0.3 is 5.97 Å². The van der Waals surface area contributed by atoms with Crippen LogP contribution >= 0.6 is 0 Å². The highest BCUT2D eigenvalue weighted by Gasteiger charge is 2.52. The molecule has 4 rings (SSSR count). The van der Waals surface area contributed by atoms with E-state index in [0.29, 0.717) is 17.6 Å². The number of ether oxygens (including phenoxy) is 1. The summed E-state index contributed by atoms with van der Waals surface area (Å²) in [5.41, 5.74) is 1.55. The van der Waals surface area contributed by atoms with E-state index in [-0.39, 0.29) is 11.9 Å². The summed E-state index contributed by atoms with van der Waals surface area (Å²) in [5, 5.41) is 0. The number of carbonyl (C=O) groups is 1. The zero-order chi connectivity index (χ0) is 13.5. The van der Waals surface area contributed by atoms with Crippen LogP contribution in [0, 0.1) is 23.7 Å². The molecule has 0 heterocycles. The summed E-state index contributed by atoms with van der Waals surface area (Å²) in [4.78, 5) is 12.6. The van der Waals surface area contributed by atoms with Crippen molar-refractivity contribution in [3.8, 4) is 5.75 Å². The molecule has 0 saturated heterocycles. The summed E-state index contributed by atoms with van der Waals surface area (Å²) in [6, 6.07) is 9.48. The standard InChI is InChI=1S/C18H20O2/c19-18(20-15-8-2-1-3-9-15)17-14-10-12-6-4-5-7-13(11-14)16(12)17/h1-3,8-10,13-14,16-17H,4-7,11H2/t13-,14+,16-,17+/m1/s1. The van der Waals surface area contributed by atoms with E-state index in [1.54, 1.807) is 5.57 Å². The van der Waals surface area contributed by atoms with Gasteiger partial charge in [0.15, 0.2) is 0 Å². The molecular formula is C18H20O2. The number of carbonyl (C=O) groups excluding carboxylic acids is 1. The molecular weight excluding hydrogens is 248 g/mol. The predicted octanol–water partition coefficient (Wildman–Crippen LogP) is 3.97. The van der Waals surface area contributed by atoms with Crippen LogP contribution in [-0.4, -0.2) is 5.97 Å². The minimum absolute atomic E-state index is 0.0122. The Balaban J connectivity index is 1.54. The van der Waals surface area contributed by atoms with Gasteiger partial charge in [0.1, 0.15) is 5.75 Å². The van der Waals surface area contributed by atoms with E-state index in [9.17, 15) is 4.79 Å². The Morgan fingerprint density at radius 1 is 1.15 bits per heavy atom. The average Bonchev–Trinajstić information content (AvgIpc) is 2.96. The van der Waals surface area contributed by atoms with Crippen LogP contribution in [0.3, 0.4) is 0 Å². The van der Waals surface area contributed by atoms with Crippen molar-refractivity contribution in [2.75, 3.05) is 0 Å². The number of esters is 1. The minimum atomic E-state index is -0.0122. The molecule has 2 bridgehead atoms. The van der Waals surface area contributed by atoms with Crippen molar-refractivity contribution in [3.63, 3.8) is 0 Å². The van der Waals surface area contributed by atoms with Gasteiger partial charge in [-0.05, 0) is 55.6 Å². The van der Waals surface area contributed by atoms with Gasteiger partial charge in [-0.2, -0.15) is 0 Å². The Labute approximate surface area is 119 Å². The number of hydrogen-bond acceptors (Lipinski definition) is 2. The molecule has 0 aliphatic heterocycles. The summed E-state index contributed by atoms with van der Waals surface area (Å²) in [7, 11) is 0. The number of benzene rings is 1. The molecule has 0 radical (unpaired) electrons. The molecule has 3 aliphatic rings. The van der Waals surface area contributed by atoms with Crippen molar-refractivity contribution in [1.29, 1.82) is 0 Å². The van der Waals surface area contributed by atoms with Crippen LogP contribution in [-0.2, 0) is 4.79 Å². The van der Waals surface area contributed by atoms with Crippen molar-refractivity contribution >= 4 is 5.97 Å². The normalized spacial score (nSPS) is 34.5. The van der Waals surface area contributed by atoms with Gasteiger partial charge in [-0.1, -0.05) is 36.3 Å². The first-order chi connectivity index (χ1) is 9.83. The molecule has 2 nitrogen and oxygen atoms in total. The molecule has 0 amide bonds. The van der Waals surface area contributed by atoms with Crippen molar-refractivity contribution in [3.05, 3.63) is 42.0 Å². The highest BCUT2D eigenvalue weighted by Crippen LogP contribution is 2.56. The summed E-state index contributed by atoms with van der Waals surface area (Å²) < 4.78 is 5.61. The van der Waals surface area contributed by atoms with Gasteiger partial charge in [0.05, 0.1) is 5.92 Å². The van der Waals surface area contributed by atoms with Gasteiger partial charge in [-0.3, -0.25) is 4.79 Å². The number of allylic oxidation sites excluding steroid dienone is 2. The van der Waals surface area contributed by atoms with Crippen LogP contribution in [0.25, 0.3) is 0 Å². The first-order valence-electron chi connectivity index (χ1n) is 7.80. The van der Waals surface area contributed by atoms with Gasteiger partial charge in [-0.25, -0.2) is 0 Å². The molecule has 1 aromatic carbocycles. The molecule has 2 heteroatoms. The van der Waals surface area contributed by atoms with Crippen molar-refractivity contribution < 1.29 is 9.53 Å². The quantitative estimate of drug-likeness (QED) is 0.461. The third kappa shape index (κ3) is 1.90. The number of fused-ring (bicyclic) bond motifs is 1. The van der Waals surface area contributed by atoms with Gasteiger partial charge < -0.3 is 4.74 Å². The first-order valence-corrected chi connectivity index (χ1v) is 7.80. The van der Waals surface area contributed by atoms with Crippen LogP contribution in [0.4, 0.5) is 0 Å². The number of hydrogen-bond donors (Lipinski definition) is 0. The van der Waals surface area contributed by atoms with E-state index < -0.39 is 0 Å². The molecule has 2 fully saturated rings. The first kappa shape index (κ1) is 12.2. The Hall–Kier alpha value is -1.57. The fourth-order valence-electron chi connectivity index (χ4n) is 4.57. The third-order valence-electron chi connectivity index (χ3n) is 5.31. The number of para-hydroxylation sites is 1. The molecule has 0 unspecified atom stereocenters. The lowest BCUT2D eigenvalue weighted by molar-refractivity contribution is -0.140. The van der Waals surface area contributed by atoms with Crippen LogP contribution in [0.2, 0.25) is 0 Å². The lowest BCUT2D eigenvalue weighted by Gasteiger charge is -2.21. The fraction of sp³-hybridized carbons (Fsp3) is 0.500. The molecule has 4 atom stereocenters. The average molecular weight is 268 g/mol. The zero-order valence-electron chi connectivity index (χ0n) is 11.6. The fourth-order valence-corrected chi connectivity index (χ4v) is 4.57. The molecule has 2 saturated carbocycles. The molecule has 3 aliphatic carbocycles. The highest BCUT2D eigenvalue weighted by atomic mass is 16.5. The van der Waals surface area contributed by atoms with E-state index in [2.05, 4.69) is 6.08 Å². The largest absolute Gasteiger partial charge is 0.426 e. The summed E-state index contributed by atoms with van der Waals surface area (Å²) in [6.45, 7) is 0. The second kappa shape index (κ2) is 4.76. The van der Waals surface area contributed by atoms with Gasteiger partial charge in [0, 0.05) is 0 Å². The van der Waals surface area contributed by atoms with Crippen LogP contribution < -0.4 is 4.74 Å². The van der Waals surface area contributed by atoms with E-state index in [1.165, 1.54) is 32.1 Å². The van der Waals surface area contributed by atoms with Crippen molar-refractivity contribution in [2.45, 2.75) is 32.1 Å². The van der Waals surface area contributed by atoms with Crippen molar-refractivity contribution in [2.24, 2.45) is 23.7 Å². The lowest BCUT2D eigenvalue weighted by Crippen LogP contribution is -2.26. The Bertz CT molecular complexity index is 546. The molecule has 1 aromatic rings. The van der Waals surface area contributed by atoms with Gasteiger partial charge in [0.25, 0.3) is 0 Å². The van der Waals surface area contributed by atoms with Crippen LogP contribution in [0.1, 0.15) is 32.1 Å². The summed E-state index contributed by atoms with van der Waals surface area (Å²) >= 11 is 0. The van der Waals surface area contributed by atoms with Crippen molar-refractivity contribution in [1.82, 2.24) is 0 Å². The molecule has 0 spiro atoms. The van der Waals surface area contributed by atoms with E-state index >= 15 is 0 Å². The van der Waals surface area contributed by atoms with Crippen LogP contribution in [0.5, 0.6) is 5.75 Å². The summed E-state index contributed by atoms with van der Waals surface area (Å²) in [6.07, 6.45) is 8.71. The molecule has 20 heavy (non-hydrogen) atoms. The molecule has 104 valence electrons. The van der Waals surface area contributed by atoms with E-state index in [4.69, 9.17) is 4.74 Å². The highest BCUT2D eigenvalue weighted by molar-refractivity contribution is 5.78. The Morgan fingerprint density at radius 2 is 2.00 bits per heavy atom. The smallest absolute Gasteiger partial charge is 0.315 e. The Morgan fingerprint density at radius 3 is 2.85 bits per heavy atom. The predicted molar refractivity (Wildman–Crippen MR) is 77.2 cm³/mol. The second-order valence-electron chi connectivity index (χ2n) is 6.43. The Kier molecular flexibility index (Phi) is 2.90. The second-order valence-corrected chi connectivity index (χ2v) is 6.43. The monoisotopic (exact) mass is 268 g/mol. The minimum Gasteiger partial charge on any atom is -0.426 e. The third-order valence-corrected chi connectivity index (χ3v) is 5.31. The van der Waals surface area contributed by atoms with Gasteiger partial charge in [0.2, 0.25) is 0 Å². The maximum absolute atomic E-state index is 12.6. The topological polar surface area (TPSA) is 26.3 Å². The number of rotatable bonds is 2. The van der Waals surface area contributed by atoms with E-state index in [1.807, 2.05) is 30.3 Å². The summed E-state index contributed by atoms with van der Waals surface area (Å²) in [5.74, 6) is 2.41. The zero-order valence-corrected chi connectivity index (χ0v) is 11.6. The lowest BCUT2D eigenvalue weighted by atomic mass is 9.84. The van der Waals surface area contributed by atoms with Crippen LogP contribution in [0.15, 0.2) is 42.0 Å². The maximum Gasteiger partial charge on any atom is 0.315 e. The molecule has 0 N–H and O–H groups in total. The maximum atomic E-state index is 12.6.